The first-order valence-corrected chi connectivity index (χ1v) is 8.35. The second-order valence-corrected chi connectivity index (χ2v) is 6.04. The van der Waals surface area contributed by atoms with Crippen LogP contribution >= 0.6 is 11.6 Å². The second kappa shape index (κ2) is 7.85. The Morgan fingerprint density at radius 3 is 2.72 bits per heavy atom. The molecule has 25 heavy (non-hydrogen) atoms. The van der Waals surface area contributed by atoms with Gasteiger partial charge in [-0.15, -0.1) is 0 Å². The van der Waals surface area contributed by atoms with Gasteiger partial charge < -0.3 is 15.5 Å². The zero-order chi connectivity index (χ0) is 17.6. The van der Waals surface area contributed by atoms with Gasteiger partial charge in [-0.05, 0) is 29.8 Å². The van der Waals surface area contributed by atoms with Crippen LogP contribution in [0.4, 0.5) is 11.4 Å². The second-order valence-electron chi connectivity index (χ2n) is 5.63. The SMILES string of the molecule is O=C(/C=C/c1ccccc1Cl)Nc1ccccc1N1CCNC(=O)C1. The summed E-state index contributed by atoms with van der Waals surface area (Å²) in [5, 5.41) is 6.25. The van der Waals surface area contributed by atoms with Crippen LogP contribution in [0.25, 0.3) is 6.08 Å². The molecule has 1 heterocycles. The van der Waals surface area contributed by atoms with Crippen molar-refractivity contribution in [3.05, 3.63) is 65.2 Å². The van der Waals surface area contributed by atoms with E-state index >= 15 is 0 Å². The Balaban J connectivity index is 1.73. The van der Waals surface area contributed by atoms with Crippen LogP contribution in [0.2, 0.25) is 5.02 Å². The van der Waals surface area contributed by atoms with Gasteiger partial charge in [-0.25, -0.2) is 0 Å². The van der Waals surface area contributed by atoms with Crippen molar-refractivity contribution in [1.29, 1.82) is 0 Å². The topological polar surface area (TPSA) is 61.4 Å². The number of hydrogen-bond donors (Lipinski definition) is 2. The van der Waals surface area contributed by atoms with E-state index in [1.165, 1.54) is 6.08 Å². The molecule has 2 aromatic rings. The van der Waals surface area contributed by atoms with Gasteiger partial charge in [0.1, 0.15) is 0 Å². The number of carbonyl (C=O) groups excluding carboxylic acids is 2. The van der Waals surface area contributed by atoms with Crippen LogP contribution in [0.15, 0.2) is 54.6 Å². The van der Waals surface area contributed by atoms with E-state index in [4.69, 9.17) is 11.6 Å². The van der Waals surface area contributed by atoms with Gasteiger partial charge in [0.2, 0.25) is 11.8 Å². The maximum Gasteiger partial charge on any atom is 0.248 e. The lowest BCUT2D eigenvalue weighted by molar-refractivity contribution is -0.120. The molecule has 0 aromatic heterocycles. The van der Waals surface area contributed by atoms with Gasteiger partial charge in [-0.3, -0.25) is 9.59 Å². The minimum absolute atomic E-state index is 0.0222. The van der Waals surface area contributed by atoms with Crippen molar-refractivity contribution in [3.8, 4) is 0 Å². The monoisotopic (exact) mass is 355 g/mol. The summed E-state index contributed by atoms with van der Waals surface area (Å²) in [7, 11) is 0. The normalized spacial score (nSPS) is 14.4. The molecule has 2 N–H and O–H groups in total. The standard InChI is InChI=1S/C19H18ClN3O2/c20-15-6-2-1-5-14(15)9-10-18(24)22-16-7-3-4-8-17(16)23-12-11-21-19(25)13-23/h1-10H,11-13H2,(H,21,25)(H,22,24)/b10-9+. The van der Waals surface area contributed by atoms with Gasteiger partial charge in [0.05, 0.1) is 17.9 Å². The summed E-state index contributed by atoms with van der Waals surface area (Å²) >= 11 is 6.08. The Hall–Kier alpha value is -2.79. The number of anilines is 2. The average Bonchev–Trinajstić information content (AvgIpc) is 2.61. The Labute approximate surface area is 151 Å². The summed E-state index contributed by atoms with van der Waals surface area (Å²) in [6, 6.07) is 14.8. The number of para-hydroxylation sites is 2. The van der Waals surface area contributed by atoms with Gasteiger partial charge in [-0.2, -0.15) is 0 Å². The van der Waals surface area contributed by atoms with Crippen LogP contribution in [0, 0.1) is 0 Å². The zero-order valence-corrected chi connectivity index (χ0v) is 14.3. The van der Waals surface area contributed by atoms with Gasteiger partial charge in [0, 0.05) is 24.2 Å². The molecule has 1 fully saturated rings. The molecule has 0 spiro atoms. The molecule has 0 atom stereocenters. The van der Waals surface area contributed by atoms with Crippen LogP contribution in [-0.4, -0.2) is 31.4 Å². The lowest BCUT2D eigenvalue weighted by Gasteiger charge is -2.30. The van der Waals surface area contributed by atoms with Crippen molar-refractivity contribution in [2.24, 2.45) is 0 Å². The molecule has 0 saturated carbocycles. The number of amides is 2. The van der Waals surface area contributed by atoms with Crippen LogP contribution in [-0.2, 0) is 9.59 Å². The molecule has 1 aliphatic heterocycles. The maximum atomic E-state index is 12.3. The van der Waals surface area contributed by atoms with E-state index in [1.807, 2.05) is 47.4 Å². The molecule has 6 heteroatoms. The zero-order valence-electron chi connectivity index (χ0n) is 13.5. The average molecular weight is 356 g/mol. The number of nitrogens with zero attached hydrogens (tertiary/aromatic N) is 1. The Bertz CT molecular complexity index is 820. The summed E-state index contributed by atoms with van der Waals surface area (Å²) in [5.41, 5.74) is 2.28. The smallest absolute Gasteiger partial charge is 0.248 e. The minimum Gasteiger partial charge on any atom is -0.359 e. The molecule has 2 amide bonds. The highest BCUT2D eigenvalue weighted by Gasteiger charge is 2.19. The van der Waals surface area contributed by atoms with Crippen molar-refractivity contribution >= 4 is 40.9 Å². The summed E-state index contributed by atoms with van der Waals surface area (Å²) in [5.74, 6) is -0.278. The third-order valence-electron chi connectivity index (χ3n) is 3.86. The van der Waals surface area contributed by atoms with Crippen molar-refractivity contribution < 1.29 is 9.59 Å². The lowest BCUT2D eigenvalue weighted by atomic mass is 10.2. The Morgan fingerprint density at radius 1 is 1.16 bits per heavy atom. The highest BCUT2D eigenvalue weighted by Crippen LogP contribution is 2.26. The number of carbonyl (C=O) groups is 2. The van der Waals surface area contributed by atoms with Gasteiger partial charge in [-0.1, -0.05) is 41.9 Å². The van der Waals surface area contributed by atoms with E-state index in [-0.39, 0.29) is 18.4 Å². The van der Waals surface area contributed by atoms with E-state index in [2.05, 4.69) is 10.6 Å². The third kappa shape index (κ3) is 4.39. The van der Waals surface area contributed by atoms with Gasteiger partial charge >= 0.3 is 0 Å². The Kier molecular flexibility index (Phi) is 5.36. The van der Waals surface area contributed by atoms with E-state index in [1.54, 1.807) is 12.1 Å². The molecule has 5 nitrogen and oxygen atoms in total. The lowest BCUT2D eigenvalue weighted by Crippen LogP contribution is -2.47. The quantitative estimate of drug-likeness (QED) is 0.829. The van der Waals surface area contributed by atoms with Gasteiger partial charge in [0.15, 0.2) is 0 Å². The maximum absolute atomic E-state index is 12.3. The minimum atomic E-state index is -0.256. The largest absolute Gasteiger partial charge is 0.359 e. The predicted octanol–water partition coefficient (Wildman–Crippen LogP) is 2.93. The van der Waals surface area contributed by atoms with Crippen LogP contribution in [0.5, 0.6) is 0 Å². The summed E-state index contributed by atoms with van der Waals surface area (Å²) in [4.78, 5) is 25.8. The first kappa shape index (κ1) is 17.0. The van der Waals surface area contributed by atoms with E-state index in [0.29, 0.717) is 23.8 Å². The predicted molar refractivity (Wildman–Crippen MR) is 101 cm³/mol. The number of rotatable bonds is 4. The highest BCUT2D eigenvalue weighted by atomic mass is 35.5. The summed E-state index contributed by atoms with van der Waals surface area (Å²) in [6.07, 6.45) is 3.12. The first-order valence-electron chi connectivity index (χ1n) is 7.98. The highest BCUT2D eigenvalue weighted by molar-refractivity contribution is 6.32. The summed E-state index contributed by atoms with van der Waals surface area (Å²) in [6.45, 7) is 1.57. The molecule has 2 aromatic carbocycles. The van der Waals surface area contributed by atoms with E-state index < -0.39 is 0 Å². The number of halogens is 1. The van der Waals surface area contributed by atoms with Crippen molar-refractivity contribution in [3.63, 3.8) is 0 Å². The molecule has 0 aliphatic carbocycles. The molecule has 0 radical (unpaired) electrons. The van der Waals surface area contributed by atoms with Crippen LogP contribution < -0.4 is 15.5 Å². The van der Waals surface area contributed by atoms with Crippen LogP contribution in [0.1, 0.15) is 5.56 Å². The number of hydrogen-bond acceptors (Lipinski definition) is 3. The van der Waals surface area contributed by atoms with E-state index in [0.717, 1.165) is 11.3 Å². The fraction of sp³-hybridized carbons (Fsp3) is 0.158. The molecule has 3 rings (SSSR count). The van der Waals surface area contributed by atoms with Crippen molar-refractivity contribution in [2.75, 3.05) is 29.9 Å². The van der Waals surface area contributed by atoms with Crippen molar-refractivity contribution in [1.82, 2.24) is 5.32 Å². The van der Waals surface area contributed by atoms with Crippen molar-refractivity contribution in [2.45, 2.75) is 0 Å². The number of nitrogens with one attached hydrogen (secondary N) is 2. The first-order chi connectivity index (χ1) is 12.1. The van der Waals surface area contributed by atoms with Gasteiger partial charge in [0.25, 0.3) is 0 Å². The fourth-order valence-corrected chi connectivity index (χ4v) is 2.85. The van der Waals surface area contributed by atoms with E-state index in [9.17, 15) is 9.59 Å². The third-order valence-corrected chi connectivity index (χ3v) is 4.20. The molecule has 128 valence electrons. The number of piperazine rings is 1. The number of benzene rings is 2. The Morgan fingerprint density at radius 2 is 1.92 bits per heavy atom. The molecular weight excluding hydrogens is 338 g/mol. The molecule has 0 unspecified atom stereocenters. The van der Waals surface area contributed by atoms with Crippen LogP contribution in [0.3, 0.4) is 0 Å². The fourth-order valence-electron chi connectivity index (χ4n) is 2.65. The molecule has 0 bridgehead atoms. The molecule has 1 aliphatic rings. The summed E-state index contributed by atoms with van der Waals surface area (Å²) < 4.78 is 0. The molecular formula is C19H18ClN3O2. The molecule has 1 saturated heterocycles.